The lowest BCUT2D eigenvalue weighted by molar-refractivity contribution is 0.0955. The fourth-order valence-corrected chi connectivity index (χ4v) is 2.37. The first kappa shape index (κ1) is 15.1. The molecule has 0 radical (unpaired) electrons. The Bertz CT molecular complexity index is 889. The normalized spacial score (nSPS) is 11.0. The number of phenols is 1. The fraction of sp³-hybridized carbons (Fsp3) is 0. The molecule has 3 aromatic rings. The summed E-state index contributed by atoms with van der Waals surface area (Å²) in [6, 6.07) is 17.6. The van der Waals surface area contributed by atoms with Gasteiger partial charge in [-0.1, -0.05) is 41.9 Å². The van der Waals surface area contributed by atoms with Crippen molar-refractivity contribution in [2.45, 2.75) is 0 Å². The molecule has 3 aromatic carbocycles. The van der Waals surface area contributed by atoms with Crippen molar-refractivity contribution in [3.05, 3.63) is 76.8 Å². The van der Waals surface area contributed by atoms with E-state index >= 15 is 0 Å². The molecule has 0 saturated carbocycles. The molecule has 23 heavy (non-hydrogen) atoms. The first-order chi connectivity index (χ1) is 11.1. The van der Waals surface area contributed by atoms with Gasteiger partial charge in [0.1, 0.15) is 5.75 Å². The fourth-order valence-electron chi connectivity index (χ4n) is 2.24. The van der Waals surface area contributed by atoms with Crippen LogP contribution in [-0.2, 0) is 0 Å². The lowest BCUT2D eigenvalue weighted by Crippen LogP contribution is -2.17. The highest BCUT2D eigenvalue weighted by molar-refractivity contribution is 6.30. The third-order valence-electron chi connectivity index (χ3n) is 3.41. The van der Waals surface area contributed by atoms with E-state index in [9.17, 15) is 9.90 Å². The Kier molecular flexibility index (Phi) is 4.26. The van der Waals surface area contributed by atoms with E-state index in [1.165, 1.54) is 6.21 Å². The van der Waals surface area contributed by atoms with Gasteiger partial charge in [-0.15, -0.1) is 0 Å². The molecular weight excluding hydrogens is 312 g/mol. The van der Waals surface area contributed by atoms with Crippen LogP contribution in [0, 0.1) is 0 Å². The number of benzene rings is 3. The molecule has 0 saturated heterocycles. The molecule has 0 aliphatic carbocycles. The maximum atomic E-state index is 12.0. The van der Waals surface area contributed by atoms with E-state index in [-0.39, 0.29) is 11.7 Å². The van der Waals surface area contributed by atoms with Gasteiger partial charge >= 0.3 is 0 Å². The highest BCUT2D eigenvalue weighted by atomic mass is 35.5. The number of carbonyl (C=O) groups excluding carboxylic acids is 1. The van der Waals surface area contributed by atoms with Gasteiger partial charge < -0.3 is 5.11 Å². The Balaban J connectivity index is 1.82. The van der Waals surface area contributed by atoms with Gasteiger partial charge in [-0.3, -0.25) is 4.79 Å². The summed E-state index contributed by atoms with van der Waals surface area (Å²) < 4.78 is 0. The maximum absolute atomic E-state index is 12.0. The van der Waals surface area contributed by atoms with Crippen LogP contribution in [-0.4, -0.2) is 17.2 Å². The minimum Gasteiger partial charge on any atom is -0.507 e. The number of nitrogens with one attached hydrogen (secondary N) is 1. The van der Waals surface area contributed by atoms with Gasteiger partial charge in [-0.05, 0) is 41.1 Å². The van der Waals surface area contributed by atoms with Crippen LogP contribution in [0.2, 0.25) is 5.02 Å². The molecular formula is C18H13ClN2O2. The summed E-state index contributed by atoms with van der Waals surface area (Å²) in [6.45, 7) is 0. The van der Waals surface area contributed by atoms with Crippen LogP contribution in [0.1, 0.15) is 15.9 Å². The Morgan fingerprint density at radius 3 is 2.57 bits per heavy atom. The van der Waals surface area contributed by atoms with Crippen LogP contribution < -0.4 is 5.43 Å². The van der Waals surface area contributed by atoms with Gasteiger partial charge in [0.15, 0.2) is 0 Å². The number of halogens is 1. The molecule has 1 amide bonds. The first-order valence-electron chi connectivity index (χ1n) is 6.95. The number of nitrogens with zero attached hydrogens (tertiary/aromatic N) is 1. The second kappa shape index (κ2) is 6.50. The van der Waals surface area contributed by atoms with Crippen molar-refractivity contribution in [1.29, 1.82) is 0 Å². The van der Waals surface area contributed by atoms with Crippen molar-refractivity contribution in [2.75, 3.05) is 0 Å². The van der Waals surface area contributed by atoms with E-state index in [1.54, 1.807) is 30.3 Å². The van der Waals surface area contributed by atoms with E-state index < -0.39 is 0 Å². The highest BCUT2D eigenvalue weighted by Gasteiger charge is 2.06. The number of aromatic hydroxyl groups is 1. The van der Waals surface area contributed by atoms with Crippen molar-refractivity contribution >= 4 is 34.5 Å². The minimum atomic E-state index is -0.349. The van der Waals surface area contributed by atoms with Gasteiger partial charge in [0.25, 0.3) is 5.91 Å². The van der Waals surface area contributed by atoms with Crippen LogP contribution in [0.3, 0.4) is 0 Å². The molecule has 0 unspecified atom stereocenters. The molecule has 114 valence electrons. The van der Waals surface area contributed by atoms with Crippen LogP contribution in [0.15, 0.2) is 65.8 Å². The molecule has 0 fully saturated rings. The molecule has 5 heteroatoms. The van der Waals surface area contributed by atoms with Crippen molar-refractivity contribution in [1.82, 2.24) is 5.43 Å². The molecule has 0 aliphatic heterocycles. The third kappa shape index (κ3) is 3.33. The third-order valence-corrected chi connectivity index (χ3v) is 3.67. The monoisotopic (exact) mass is 324 g/mol. The van der Waals surface area contributed by atoms with E-state index in [0.717, 1.165) is 10.8 Å². The maximum Gasteiger partial charge on any atom is 0.271 e. The van der Waals surface area contributed by atoms with Crippen LogP contribution in [0.25, 0.3) is 10.8 Å². The largest absolute Gasteiger partial charge is 0.507 e. The lowest BCUT2D eigenvalue weighted by Gasteiger charge is -2.05. The van der Waals surface area contributed by atoms with Gasteiger partial charge in [-0.2, -0.15) is 5.10 Å². The molecule has 0 aliphatic rings. The molecule has 4 nitrogen and oxygen atoms in total. The number of rotatable bonds is 3. The van der Waals surface area contributed by atoms with Gasteiger partial charge in [0, 0.05) is 16.1 Å². The van der Waals surface area contributed by atoms with Gasteiger partial charge in [0.2, 0.25) is 0 Å². The zero-order valence-corrected chi connectivity index (χ0v) is 12.8. The summed E-state index contributed by atoms with van der Waals surface area (Å²) in [5.74, 6) is -0.245. The Hall–Kier alpha value is -2.85. The predicted octanol–water partition coefficient (Wildman–Crippen LogP) is 3.96. The van der Waals surface area contributed by atoms with E-state index in [1.807, 2.05) is 30.3 Å². The number of amides is 1. The van der Waals surface area contributed by atoms with Crippen LogP contribution in [0.5, 0.6) is 5.75 Å². The molecule has 0 aromatic heterocycles. The quantitative estimate of drug-likeness (QED) is 0.566. The number of fused-ring (bicyclic) bond motifs is 1. The summed E-state index contributed by atoms with van der Waals surface area (Å²) in [6.07, 6.45) is 1.44. The Labute approximate surface area is 138 Å². The SMILES string of the molecule is O=C(N/N=C\c1c(O)ccc2ccccc12)c1ccc(Cl)cc1. The molecule has 3 rings (SSSR count). The average molecular weight is 325 g/mol. The summed E-state index contributed by atoms with van der Waals surface area (Å²) in [5, 5.41) is 16.3. The number of hydrogen-bond acceptors (Lipinski definition) is 3. The van der Waals surface area contributed by atoms with Crippen molar-refractivity contribution < 1.29 is 9.90 Å². The Morgan fingerprint density at radius 1 is 1.04 bits per heavy atom. The summed E-state index contributed by atoms with van der Waals surface area (Å²) in [7, 11) is 0. The smallest absolute Gasteiger partial charge is 0.271 e. The zero-order valence-electron chi connectivity index (χ0n) is 12.0. The molecule has 0 atom stereocenters. The van der Waals surface area contributed by atoms with Crippen LogP contribution in [0.4, 0.5) is 0 Å². The zero-order chi connectivity index (χ0) is 16.2. The highest BCUT2D eigenvalue weighted by Crippen LogP contribution is 2.25. The van der Waals surface area contributed by atoms with Crippen molar-refractivity contribution in [3.63, 3.8) is 0 Å². The topological polar surface area (TPSA) is 61.7 Å². The predicted molar refractivity (Wildman–Crippen MR) is 92.1 cm³/mol. The number of carbonyl (C=O) groups is 1. The summed E-state index contributed by atoms with van der Waals surface area (Å²) >= 11 is 5.78. The number of hydrazone groups is 1. The minimum absolute atomic E-state index is 0.105. The molecule has 2 N–H and O–H groups in total. The average Bonchev–Trinajstić information content (AvgIpc) is 2.57. The molecule has 0 heterocycles. The van der Waals surface area contributed by atoms with E-state index in [2.05, 4.69) is 10.5 Å². The van der Waals surface area contributed by atoms with Crippen molar-refractivity contribution in [3.8, 4) is 5.75 Å². The lowest BCUT2D eigenvalue weighted by atomic mass is 10.0. The van der Waals surface area contributed by atoms with Gasteiger partial charge in [-0.25, -0.2) is 5.43 Å². The first-order valence-corrected chi connectivity index (χ1v) is 7.32. The molecule has 0 bridgehead atoms. The molecule has 0 spiro atoms. The summed E-state index contributed by atoms with van der Waals surface area (Å²) in [5.41, 5.74) is 3.44. The summed E-state index contributed by atoms with van der Waals surface area (Å²) in [4.78, 5) is 12.0. The number of phenolic OH excluding ortho intramolecular Hbond substituents is 1. The van der Waals surface area contributed by atoms with Gasteiger partial charge in [0.05, 0.1) is 6.21 Å². The second-order valence-electron chi connectivity index (χ2n) is 4.93. The van der Waals surface area contributed by atoms with Crippen molar-refractivity contribution in [2.24, 2.45) is 5.10 Å². The Morgan fingerprint density at radius 2 is 1.78 bits per heavy atom. The van der Waals surface area contributed by atoms with E-state index in [4.69, 9.17) is 11.6 Å². The van der Waals surface area contributed by atoms with E-state index in [0.29, 0.717) is 16.1 Å². The van der Waals surface area contributed by atoms with Crippen LogP contribution >= 0.6 is 11.6 Å². The standard InChI is InChI=1S/C18H13ClN2O2/c19-14-8-5-13(6-9-14)18(23)21-20-11-16-15-4-2-1-3-12(15)7-10-17(16)22/h1-11,22H,(H,21,23)/b20-11-. The second-order valence-corrected chi connectivity index (χ2v) is 5.36. The number of hydrogen-bond donors (Lipinski definition) is 2.